The molecule has 0 radical (unpaired) electrons. The molecule has 0 aliphatic carbocycles. The third-order valence-electron chi connectivity index (χ3n) is 4.95. The summed E-state index contributed by atoms with van der Waals surface area (Å²) in [6.07, 6.45) is 3.05. The first kappa shape index (κ1) is 22.2. The Morgan fingerprint density at radius 2 is 1.64 bits per heavy atom. The SMILES string of the molecule is CC(NC(=O)c1ccc(S(=O)(=O)Nc2ccc(F)cc2)cc1)c1ccc(-n2cncn2)cc1. The maximum atomic E-state index is 13.0. The van der Waals surface area contributed by atoms with E-state index in [1.807, 2.05) is 31.2 Å². The van der Waals surface area contributed by atoms with Crippen LogP contribution >= 0.6 is 0 Å². The maximum Gasteiger partial charge on any atom is 0.261 e. The summed E-state index contributed by atoms with van der Waals surface area (Å²) in [5.41, 5.74) is 2.31. The van der Waals surface area contributed by atoms with E-state index < -0.39 is 15.8 Å². The zero-order chi connectivity index (χ0) is 23.4. The molecular formula is C23H20FN5O3S. The van der Waals surface area contributed by atoms with E-state index in [-0.39, 0.29) is 22.5 Å². The van der Waals surface area contributed by atoms with Crippen LogP contribution in [0.4, 0.5) is 10.1 Å². The highest BCUT2D eigenvalue weighted by atomic mass is 32.2. The van der Waals surface area contributed by atoms with Gasteiger partial charge >= 0.3 is 0 Å². The number of halogens is 1. The molecule has 1 unspecified atom stereocenters. The third-order valence-corrected chi connectivity index (χ3v) is 6.34. The number of nitrogens with one attached hydrogen (secondary N) is 2. The number of nitrogens with zero attached hydrogens (tertiary/aromatic N) is 3. The maximum absolute atomic E-state index is 13.0. The van der Waals surface area contributed by atoms with Gasteiger partial charge in [-0.25, -0.2) is 22.5 Å². The zero-order valence-corrected chi connectivity index (χ0v) is 18.3. The lowest BCUT2D eigenvalue weighted by molar-refractivity contribution is 0.0940. The van der Waals surface area contributed by atoms with E-state index in [2.05, 4.69) is 20.1 Å². The van der Waals surface area contributed by atoms with E-state index in [9.17, 15) is 17.6 Å². The molecule has 1 atom stereocenters. The predicted octanol–water partition coefficient (Wildman–Crippen LogP) is 3.70. The van der Waals surface area contributed by atoms with Crippen LogP contribution in [0.15, 0.2) is 90.3 Å². The summed E-state index contributed by atoms with van der Waals surface area (Å²) in [7, 11) is -3.87. The fourth-order valence-corrected chi connectivity index (χ4v) is 4.20. The summed E-state index contributed by atoms with van der Waals surface area (Å²) in [5, 5.41) is 6.97. The minimum Gasteiger partial charge on any atom is -0.346 e. The average molecular weight is 466 g/mol. The fraction of sp³-hybridized carbons (Fsp3) is 0.0870. The van der Waals surface area contributed by atoms with E-state index in [0.717, 1.165) is 23.4 Å². The van der Waals surface area contributed by atoms with Gasteiger partial charge in [-0.3, -0.25) is 9.52 Å². The molecule has 1 aromatic heterocycles. The van der Waals surface area contributed by atoms with Crippen molar-refractivity contribution in [3.8, 4) is 5.69 Å². The van der Waals surface area contributed by atoms with E-state index in [1.165, 1.54) is 42.7 Å². The molecular weight excluding hydrogens is 445 g/mol. The van der Waals surface area contributed by atoms with Crippen molar-refractivity contribution in [3.63, 3.8) is 0 Å². The number of aromatic nitrogens is 3. The van der Waals surface area contributed by atoms with Crippen molar-refractivity contribution < 1.29 is 17.6 Å². The van der Waals surface area contributed by atoms with Crippen LogP contribution in [0.2, 0.25) is 0 Å². The second-order valence-electron chi connectivity index (χ2n) is 7.26. The Bertz CT molecular complexity index is 1340. The first-order valence-electron chi connectivity index (χ1n) is 9.96. The molecule has 1 amide bonds. The van der Waals surface area contributed by atoms with E-state index in [0.29, 0.717) is 5.56 Å². The highest BCUT2D eigenvalue weighted by Crippen LogP contribution is 2.19. The van der Waals surface area contributed by atoms with Crippen LogP contribution in [-0.2, 0) is 10.0 Å². The quantitative estimate of drug-likeness (QED) is 0.433. The molecule has 0 aliphatic heterocycles. The lowest BCUT2D eigenvalue weighted by atomic mass is 10.1. The predicted molar refractivity (Wildman–Crippen MR) is 121 cm³/mol. The molecule has 0 bridgehead atoms. The Kier molecular flexibility index (Phi) is 6.18. The van der Waals surface area contributed by atoms with Gasteiger partial charge in [0.1, 0.15) is 18.5 Å². The Labute approximate surface area is 190 Å². The number of amides is 1. The van der Waals surface area contributed by atoms with Gasteiger partial charge in [0.15, 0.2) is 0 Å². The summed E-state index contributed by atoms with van der Waals surface area (Å²) in [6.45, 7) is 1.85. The molecule has 0 saturated heterocycles. The Hall–Kier alpha value is -4.05. The van der Waals surface area contributed by atoms with Gasteiger partial charge in [0.05, 0.1) is 16.6 Å². The van der Waals surface area contributed by atoms with Gasteiger partial charge in [0.2, 0.25) is 0 Å². The van der Waals surface area contributed by atoms with Crippen molar-refractivity contribution in [2.75, 3.05) is 4.72 Å². The van der Waals surface area contributed by atoms with Crippen LogP contribution in [0.5, 0.6) is 0 Å². The zero-order valence-electron chi connectivity index (χ0n) is 17.5. The highest BCUT2D eigenvalue weighted by molar-refractivity contribution is 7.92. The molecule has 4 aromatic rings. The van der Waals surface area contributed by atoms with Crippen LogP contribution in [0.1, 0.15) is 28.9 Å². The fourth-order valence-electron chi connectivity index (χ4n) is 3.14. The summed E-state index contributed by atoms with van der Waals surface area (Å²) >= 11 is 0. The molecule has 0 saturated carbocycles. The van der Waals surface area contributed by atoms with Crippen molar-refractivity contribution >= 4 is 21.6 Å². The van der Waals surface area contributed by atoms with Crippen molar-refractivity contribution in [2.24, 2.45) is 0 Å². The van der Waals surface area contributed by atoms with Gasteiger partial charge in [-0.2, -0.15) is 5.10 Å². The summed E-state index contributed by atoms with van der Waals surface area (Å²) in [6, 6.07) is 17.8. The van der Waals surface area contributed by atoms with Crippen LogP contribution in [0.25, 0.3) is 5.69 Å². The standard InChI is InChI=1S/C23H20FN5O3S/c1-16(17-2-10-21(11-3-17)29-15-25-14-26-29)27-23(30)18-4-12-22(13-5-18)33(31,32)28-20-8-6-19(24)7-9-20/h2-16,28H,1H3,(H,27,30). The molecule has 8 nitrogen and oxygen atoms in total. The number of anilines is 1. The van der Waals surface area contributed by atoms with Crippen LogP contribution in [-0.4, -0.2) is 29.1 Å². The second kappa shape index (κ2) is 9.21. The molecule has 1 heterocycles. The van der Waals surface area contributed by atoms with E-state index in [1.54, 1.807) is 11.0 Å². The number of carbonyl (C=O) groups excluding carboxylic acids is 1. The molecule has 4 rings (SSSR count). The lowest BCUT2D eigenvalue weighted by Gasteiger charge is -2.15. The van der Waals surface area contributed by atoms with Crippen molar-refractivity contribution in [2.45, 2.75) is 17.9 Å². The monoisotopic (exact) mass is 465 g/mol. The molecule has 168 valence electrons. The summed E-state index contributed by atoms with van der Waals surface area (Å²) in [4.78, 5) is 16.5. The van der Waals surface area contributed by atoms with Gasteiger partial charge in [0, 0.05) is 11.3 Å². The van der Waals surface area contributed by atoms with Crippen molar-refractivity contribution in [3.05, 3.63) is 102 Å². The van der Waals surface area contributed by atoms with Gasteiger partial charge in [-0.15, -0.1) is 0 Å². The van der Waals surface area contributed by atoms with E-state index >= 15 is 0 Å². The molecule has 3 aromatic carbocycles. The molecule has 0 aliphatic rings. The molecule has 2 N–H and O–H groups in total. The minimum absolute atomic E-state index is 0.0138. The number of carbonyl (C=O) groups is 1. The van der Waals surface area contributed by atoms with Gasteiger partial charge < -0.3 is 5.32 Å². The van der Waals surface area contributed by atoms with Crippen molar-refractivity contribution in [1.82, 2.24) is 20.1 Å². The van der Waals surface area contributed by atoms with Gasteiger partial charge in [-0.05, 0) is 73.2 Å². The van der Waals surface area contributed by atoms with Gasteiger partial charge in [0.25, 0.3) is 15.9 Å². The molecule has 0 spiro atoms. The smallest absolute Gasteiger partial charge is 0.261 e. The average Bonchev–Trinajstić information content (AvgIpc) is 3.36. The third kappa shape index (κ3) is 5.24. The molecule has 10 heteroatoms. The summed E-state index contributed by atoms with van der Waals surface area (Å²) in [5.74, 6) is -0.799. The normalized spacial score (nSPS) is 12.2. The Balaban J connectivity index is 1.41. The number of rotatable bonds is 7. The van der Waals surface area contributed by atoms with Crippen molar-refractivity contribution in [1.29, 1.82) is 0 Å². The first-order valence-corrected chi connectivity index (χ1v) is 11.4. The van der Waals surface area contributed by atoms with E-state index in [4.69, 9.17) is 0 Å². The Morgan fingerprint density at radius 1 is 0.970 bits per heavy atom. The minimum atomic E-state index is -3.87. The Morgan fingerprint density at radius 3 is 2.24 bits per heavy atom. The van der Waals surface area contributed by atoms with Crippen LogP contribution in [0.3, 0.4) is 0 Å². The first-order chi connectivity index (χ1) is 15.8. The van der Waals surface area contributed by atoms with Crippen LogP contribution < -0.4 is 10.0 Å². The number of sulfonamides is 1. The number of hydrogen-bond donors (Lipinski definition) is 2. The van der Waals surface area contributed by atoms with Gasteiger partial charge in [-0.1, -0.05) is 12.1 Å². The highest BCUT2D eigenvalue weighted by Gasteiger charge is 2.16. The number of benzene rings is 3. The molecule has 33 heavy (non-hydrogen) atoms. The second-order valence-corrected chi connectivity index (χ2v) is 8.95. The summed E-state index contributed by atoms with van der Waals surface area (Å²) < 4.78 is 42.1. The molecule has 0 fully saturated rings. The largest absolute Gasteiger partial charge is 0.346 e. The lowest BCUT2D eigenvalue weighted by Crippen LogP contribution is -2.26. The number of hydrogen-bond acceptors (Lipinski definition) is 5. The topological polar surface area (TPSA) is 106 Å². The van der Waals surface area contributed by atoms with Crippen LogP contribution in [0, 0.1) is 5.82 Å².